The summed E-state index contributed by atoms with van der Waals surface area (Å²) in [6.45, 7) is 0. The number of halogens is 2. The van der Waals surface area contributed by atoms with E-state index in [9.17, 15) is 0 Å². The molecule has 6 heteroatoms. The van der Waals surface area contributed by atoms with Gasteiger partial charge < -0.3 is 24.8 Å². The third-order valence-corrected chi connectivity index (χ3v) is 2.72. The van der Waals surface area contributed by atoms with E-state index in [1.54, 1.807) is 18.6 Å². The molecule has 0 saturated carbocycles. The molecule has 0 aliphatic heterocycles. The molecule has 0 bridgehead atoms. The van der Waals surface area contributed by atoms with Crippen LogP contribution in [0.15, 0.2) is 67.4 Å². The van der Waals surface area contributed by atoms with Crippen LogP contribution in [0.2, 0.25) is 0 Å². The fourth-order valence-corrected chi connectivity index (χ4v) is 1.89. The number of pyridine rings is 3. The predicted octanol–water partition coefficient (Wildman–Crippen LogP) is -2.79. The second kappa shape index (κ2) is 9.62. The first-order valence-corrected chi connectivity index (χ1v) is 5.71. The van der Waals surface area contributed by atoms with Crippen molar-refractivity contribution in [2.24, 2.45) is 0 Å². The van der Waals surface area contributed by atoms with Crippen LogP contribution < -0.4 is 24.8 Å². The first kappa shape index (κ1) is 19.7. The average Bonchev–Trinajstić information content (AvgIpc) is 2.49. The van der Waals surface area contributed by atoms with Gasteiger partial charge in [-0.1, -0.05) is 12.1 Å². The van der Waals surface area contributed by atoms with Gasteiger partial charge in [-0.15, -0.1) is 0 Å². The molecule has 0 saturated heterocycles. The topological polar surface area (TPSA) is 38.7 Å². The van der Waals surface area contributed by atoms with E-state index in [1.165, 1.54) is 0 Å². The van der Waals surface area contributed by atoms with Gasteiger partial charge in [-0.25, -0.2) is 0 Å². The Morgan fingerprint density at radius 1 is 0.667 bits per heavy atom. The zero-order valence-corrected chi connectivity index (χ0v) is 14.5. The van der Waals surface area contributed by atoms with E-state index in [2.05, 4.69) is 15.0 Å². The molecule has 0 atom stereocenters. The molecular weight excluding hydrogens is 488 g/mol. The molecule has 0 spiro atoms. The van der Waals surface area contributed by atoms with Crippen LogP contribution in [0.1, 0.15) is 0 Å². The molecule has 3 aromatic heterocycles. The van der Waals surface area contributed by atoms with Gasteiger partial charge >= 0.3 is 21.1 Å². The third kappa shape index (κ3) is 4.60. The molecule has 3 rings (SSSR count). The van der Waals surface area contributed by atoms with Gasteiger partial charge in [-0.05, 0) is 24.3 Å². The van der Waals surface area contributed by atoms with Crippen molar-refractivity contribution in [3.8, 4) is 22.4 Å². The summed E-state index contributed by atoms with van der Waals surface area (Å²) in [5.41, 5.74) is 4.07. The van der Waals surface area contributed by atoms with E-state index in [4.69, 9.17) is 0 Å². The summed E-state index contributed by atoms with van der Waals surface area (Å²) in [5, 5.41) is 0. The molecule has 0 fully saturated rings. The third-order valence-electron chi connectivity index (χ3n) is 2.72. The minimum atomic E-state index is 0. The summed E-state index contributed by atoms with van der Waals surface area (Å²) in [6.07, 6.45) is 8.99. The smallest absolute Gasteiger partial charge is 1.00 e. The van der Waals surface area contributed by atoms with E-state index in [-0.39, 0.29) is 45.9 Å². The maximum atomic E-state index is 4.46. The van der Waals surface area contributed by atoms with Gasteiger partial charge in [-0.3, -0.25) is 15.0 Å². The molecule has 0 aliphatic carbocycles. The van der Waals surface area contributed by atoms with Gasteiger partial charge in [-0.2, -0.15) is 0 Å². The van der Waals surface area contributed by atoms with Gasteiger partial charge in [0.15, 0.2) is 0 Å². The Kier molecular flexibility index (Phi) is 9.03. The van der Waals surface area contributed by atoms with E-state index < -0.39 is 0 Å². The molecule has 110 valence electrons. The van der Waals surface area contributed by atoms with Crippen LogP contribution in [-0.4, -0.2) is 15.0 Å². The predicted molar refractivity (Wildman–Crippen MR) is 70.7 cm³/mol. The summed E-state index contributed by atoms with van der Waals surface area (Å²) in [5.74, 6) is 0. The fourth-order valence-electron chi connectivity index (χ4n) is 1.89. The Morgan fingerprint density at radius 2 is 1.24 bits per heavy atom. The van der Waals surface area contributed by atoms with Gasteiger partial charge in [0.1, 0.15) is 0 Å². The summed E-state index contributed by atoms with van der Waals surface area (Å²) in [6, 6.07) is 11.9. The van der Waals surface area contributed by atoms with Gasteiger partial charge in [0.25, 0.3) is 0 Å². The zero-order valence-electron chi connectivity index (χ0n) is 10.8. The Labute approximate surface area is 150 Å². The molecule has 0 unspecified atom stereocenters. The van der Waals surface area contributed by atoms with Crippen molar-refractivity contribution in [1.29, 1.82) is 0 Å². The van der Waals surface area contributed by atoms with Crippen LogP contribution in [0.4, 0.5) is 0 Å². The van der Waals surface area contributed by atoms with Crippen molar-refractivity contribution in [3.63, 3.8) is 0 Å². The quantitative estimate of drug-likeness (QED) is 0.383. The van der Waals surface area contributed by atoms with E-state index in [1.807, 2.05) is 48.8 Å². The second-order valence-corrected chi connectivity index (χ2v) is 3.88. The molecule has 0 aliphatic rings. The number of rotatable bonds is 2. The van der Waals surface area contributed by atoms with Crippen LogP contribution in [0, 0.1) is 0 Å². The van der Waals surface area contributed by atoms with Crippen molar-refractivity contribution >= 4 is 0 Å². The molecule has 0 aromatic carbocycles. The summed E-state index contributed by atoms with van der Waals surface area (Å²) >= 11 is 0. The largest absolute Gasteiger partial charge is 2.00 e. The number of hydrogen-bond acceptors (Lipinski definition) is 3. The second-order valence-electron chi connectivity index (χ2n) is 3.88. The van der Waals surface area contributed by atoms with Crippen molar-refractivity contribution in [2.45, 2.75) is 0 Å². The SMILES string of the molecule is [Cl-].[Cl-].[Pt+2].c1cncc(-c2cccnc2-c2cccnc2)c1. The molecule has 0 amide bonds. The standard InChI is InChI=1S/C15H11N3.2ClH.Pt/c1-4-12(10-16-7-1)14-6-3-9-18-15(14)13-5-2-8-17-11-13;;;/h1-11H;2*1H;/q;;;+2/p-2. The summed E-state index contributed by atoms with van der Waals surface area (Å²) < 4.78 is 0. The van der Waals surface area contributed by atoms with Gasteiger partial charge in [0.05, 0.1) is 5.69 Å². The number of nitrogens with zero attached hydrogens (tertiary/aromatic N) is 3. The Bertz CT molecular complexity index is 593. The Morgan fingerprint density at radius 3 is 1.81 bits per heavy atom. The maximum absolute atomic E-state index is 4.46. The average molecular weight is 499 g/mol. The molecule has 21 heavy (non-hydrogen) atoms. The first-order valence-electron chi connectivity index (χ1n) is 5.71. The maximum Gasteiger partial charge on any atom is 2.00 e. The zero-order chi connectivity index (χ0) is 12.2. The first-order chi connectivity index (χ1) is 8.95. The monoisotopic (exact) mass is 498 g/mol. The van der Waals surface area contributed by atoms with Crippen molar-refractivity contribution in [3.05, 3.63) is 67.4 Å². The number of aromatic nitrogens is 3. The minimum Gasteiger partial charge on any atom is -1.00 e. The molecule has 0 radical (unpaired) electrons. The van der Waals surface area contributed by atoms with E-state index >= 15 is 0 Å². The van der Waals surface area contributed by atoms with Crippen LogP contribution in [-0.2, 0) is 21.1 Å². The van der Waals surface area contributed by atoms with Crippen molar-refractivity contribution < 1.29 is 45.9 Å². The summed E-state index contributed by atoms with van der Waals surface area (Å²) in [4.78, 5) is 12.8. The Hall–Kier alpha value is -1.28. The van der Waals surface area contributed by atoms with Crippen LogP contribution in [0.5, 0.6) is 0 Å². The normalized spacial score (nSPS) is 8.76. The fraction of sp³-hybridized carbons (Fsp3) is 0. The summed E-state index contributed by atoms with van der Waals surface area (Å²) in [7, 11) is 0. The van der Waals surface area contributed by atoms with Gasteiger partial charge in [0.2, 0.25) is 0 Å². The molecule has 3 nitrogen and oxygen atoms in total. The van der Waals surface area contributed by atoms with Crippen molar-refractivity contribution in [1.82, 2.24) is 15.0 Å². The van der Waals surface area contributed by atoms with E-state index in [0.717, 1.165) is 22.4 Å². The molecule has 3 heterocycles. The van der Waals surface area contributed by atoms with Crippen molar-refractivity contribution in [2.75, 3.05) is 0 Å². The van der Waals surface area contributed by atoms with E-state index in [0.29, 0.717) is 0 Å². The molecule has 3 aromatic rings. The van der Waals surface area contributed by atoms with Crippen LogP contribution in [0.3, 0.4) is 0 Å². The van der Waals surface area contributed by atoms with Gasteiger partial charge in [0, 0.05) is 47.7 Å². The molecule has 0 N–H and O–H groups in total. The molecular formula is C15H11Cl2N3Pt. The number of hydrogen-bond donors (Lipinski definition) is 0. The Balaban J connectivity index is 0.00000133. The minimum absolute atomic E-state index is 0. The van der Waals surface area contributed by atoms with Crippen LogP contribution >= 0.6 is 0 Å². The van der Waals surface area contributed by atoms with Crippen LogP contribution in [0.25, 0.3) is 22.4 Å².